The van der Waals surface area contributed by atoms with Crippen LogP contribution in [0.25, 0.3) is 22.8 Å². The lowest BCUT2D eigenvalue weighted by atomic mass is 9.98. The van der Waals surface area contributed by atoms with E-state index in [4.69, 9.17) is 16.1 Å². The molecule has 1 aliphatic rings. The zero-order valence-corrected chi connectivity index (χ0v) is 20.2. The van der Waals surface area contributed by atoms with Crippen LogP contribution in [-0.4, -0.2) is 55.1 Å². The number of halogens is 2. The molecule has 1 aliphatic heterocycles. The van der Waals surface area contributed by atoms with Gasteiger partial charge in [0.2, 0.25) is 17.6 Å². The summed E-state index contributed by atoms with van der Waals surface area (Å²) in [4.78, 5) is 35.1. The molecule has 0 saturated carbocycles. The molecule has 0 spiro atoms. The van der Waals surface area contributed by atoms with Crippen molar-refractivity contribution in [3.05, 3.63) is 77.7 Å². The van der Waals surface area contributed by atoms with E-state index in [0.29, 0.717) is 41.0 Å². The van der Waals surface area contributed by atoms with Crippen molar-refractivity contribution in [1.29, 1.82) is 0 Å². The van der Waals surface area contributed by atoms with Gasteiger partial charge in [0.25, 0.3) is 5.91 Å². The molecule has 10 nitrogen and oxygen atoms in total. The average Bonchev–Trinajstić information content (AvgIpc) is 3.59. The van der Waals surface area contributed by atoms with Gasteiger partial charge in [-0.2, -0.15) is 10.1 Å². The van der Waals surface area contributed by atoms with Crippen molar-refractivity contribution in [3.63, 3.8) is 0 Å². The van der Waals surface area contributed by atoms with Crippen LogP contribution in [0.2, 0.25) is 5.02 Å². The summed E-state index contributed by atoms with van der Waals surface area (Å²) in [5, 5.41) is 13.4. The normalized spacial score (nSPS) is 15.4. The van der Waals surface area contributed by atoms with Crippen LogP contribution in [-0.2, 0) is 4.79 Å². The van der Waals surface area contributed by atoms with Crippen molar-refractivity contribution in [2.45, 2.75) is 18.8 Å². The Balaban J connectivity index is 1.29. The Hall–Kier alpha value is -4.38. The van der Waals surface area contributed by atoms with Crippen LogP contribution in [0, 0.1) is 5.82 Å². The molecular formula is C25H21ClFN7O3. The van der Waals surface area contributed by atoms with Gasteiger partial charge in [0.15, 0.2) is 0 Å². The van der Waals surface area contributed by atoms with Crippen LogP contribution in [0.4, 0.5) is 10.1 Å². The molecule has 1 aromatic carbocycles. The van der Waals surface area contributed by atoms with Gasteiger partial charge < -0.3 is 14.7 Å². The number of hydrogen-bond donors (Lipinski definition) is 2. The van der Waals surface area contributed by atoms with E-state index in [1.807, 2.05) is 0 Å². The number of aromatic nitrogens is 5. The molecule has 5 rings (SSSR count). The second-order valence-corrected chi connectivity index (χ2v) is 8.84. The smallest absolute Gasteiger partial charge is 0.274 e. The maximum absolute atomic E-state index is 14.9. The number of carbonyl (C=O) groups is 2. The van der Waals surface area contributed by atoms with Crippen molar-refractivity contribution in [2.24, 2.45) is 0 Å². The van der Waals surface area contributed by atoms with Crippen molar-refractivity contribution >= 4 is 29.1 Å². The summed E-state index contributed by atoms with van der Waals surface area (Å²) >= 11 is 6.07. The largest absolute Gasteiger partial charge is 0.339 e. The monoisotopic (exact) mass is 521 g/mol. The lowest BCUT2D eigenvalue weighted by Crippen LogP contribution is -2.38. The maximum atomic E-state index is 14.9. The first-order valence-electron chi connectivity index (χ1n) is 11.5. The summed E-state index contributed by atoms with van der Waals surface area (Å²) in [6.07, 6.45) is 4.32. The number of likely N-dealkylation sites (tertiary alicyclic amines) is 1. The van der Waals surface area contributed by atoms with Gasteiger partial charge in [-0.05, 0) is 49.2 Å². The Morgan fingerprint density at radius 3 is 2.89 bits per heavy atom. The summed E-state index contributed by atoms with van der Waals surface area (Å²) in [5.74, 6) is -0.923. The van der Waals surface area contributed by atoms with Crippen LogP contribution in [0.3, 0.4) is 0 Å². The molecule has 1 atom stereocenters. The summed E-state index contributed by atoms with van der Waals surface area (Å²) < 4.78 is 20.3. The molecule has 2 N–H and O–H groups in total. The van der Waals surface area contributed by atoms with Gasteiger partial charge in [-0.3, -0.25) is 14.7 Å². The fourth-order valence-corrected chi connectivity index (χ4v) is 4.31. The first kappa shape index (κ1) is 24.3. The number of anilines is 1. The fraction of sp³-hybridized carbons (Fsp3) is 0.200. The predicted octanol–water partition coefficient (Wildman–Crippen LogP) is 4.46. The van der Waals surface area contributed by atoms with Crippen LogP contribution >= 0.6 is 11.6 Å². The van der Waals surface area contributed by atoms with E-state index in [0.717, 1.165) is 12.8 Å². The SMILES string of the molecule is C=CC(=O)N1CCCC(c2nc(-c3ccc(NC(=O)c4cccc(-c5[nH]ncc5Cl)n4)c(F)c3)no2)C1. The van der Waals surface area contributed by atoms with Gasteiger partial charge >= 0.3 is 0 Å². The summed E-state index contributed by atoms with van der Waals surface area (Å²) in [5.41, 5.74) is 1.32. The highest BCUT2D eigenvalue weighted by Gasteiger charge is 2.28. The highest BCUT2D eigenvalue weighted by Crippen LogP contribution is 2.29. The van der Waals surface area contributed by atoms with Gasteiger partial charge in [0, 0.05) is 18.7 Å². The van der Waals surface area contributed by atoms with Gasteiger partial charge in [-0.1, -0.05) is 29.4 Å². The number of benzene rings is 1. The zero-order chi connectivity index (χ0) is 25.9. The van der Waals surface area contributed by atoms with Crippen LogP contribution in [0.15, 0.2) is 59.8 Å². The van der Waals surface area contributed by atoms with Gasteiger partial charge in [-0.15, -0.1) is 0 Å². The lowest BCUT2D eigenvalue weighted by Gasteiger charge is -2.30. The first-order valence-corrected chi connectivity index (χ1v) is 11.8. The molecule has 4 heterocycles. The molecule has 2 amide bonds. The molecule has 1 fully saturated rings. The number of nitrogens with one attached hydrogen (secondary N) is 2. The number of carbonyl (C=O) groups excluding carboxylic acids is 2. The molecule has 1 unspecified atom stereocenters. The molecule has 3 aromatic heterocycles. The third kappa shape index (κ3) is 5.12. The van der Waals surface area contributed by atoms with E-state index < -0.39 is 11.7 Å². The summed E-state index contributed by atoms with van der Waals surface area (Å²) in [6, 6.07) is 9.03. The minimum Gasteiger partial charge on any atom is -0.339 e. The van der Waals surface area contributed by atoms with Gasteiger partial charge in [0.1, 0.15) is 17.2 Å². The zero-order valence-electron chi connectivity index (χ0n) is 19.4. The summed E-state index contributed by atoms with van der Waals surface area (Å²) in [6.45, 7) is 4.63. The van der Waals surface area contributed by atoms with Crippen molar-refractivity contribution in [3.8, 4) is 22.8 Å². The summed E-state index contributed by atoms with van der Waals surface area (Å²) in [7, 11) is 0. The van der Waals surface area contributed by atoms with E-state index in [9.17, 15) is 14.0 Å². The van der Waals surface area contributed by atoms with Crippen molar-refractivity contribution in [2.75, 3.05) is 18.4 Å². The number of aromatic amines is 1. The van der Waals surface area contributed by atoms with E-state index in [1.165, 1.54) is 30.5 Å². The first-order chi connectivity index (χ1) is 17.9. The molecule has 1 saturated heterocycles. The number of H-pyrrole nitrogens is 1. The third-order valence-corrected chi connectivity index (χ3v) is 6.29. The minimum absolute atomic E-state index is 0.0323. The highest BCUT2D eigenvalue weighted by atomic mass is 35.5. The van der Waals surface area contributed by atoms with Crippen molar-refractivity contribution < 1.29 is 18.5 Å². The predicted molar refractivity (Wildman–Crippen MR) is 133 cm³/mol. The lowest BCUT2D eigenvalue weighted by molar-refractivity contribution is -0.127. The minimum atomic E-state index is -0.676. The van der Waals surface area contributed by atoms with E-state index in [1.54, 1.807) is 23.1 Å². The quantitative estimate of drug-likeness (QED) is 0.358. The van der Waals surface area contributed by atoms with Crippen LogP contribution in [0.1, 0.15) is 35.1 Å². The number of amides is 2. The third-order valence-electron chi connectivity index (χ3n) is 6.01. The van der Waals surface area contributed by atoms with E-state index in [-0.39, 0.29) is 29.0 Å². The molecule has 0 aliphatic carbocycles. The molecular weight excluding hydrogens is 501 g/mol. The molecule has 0 radical (unpaired) electrons. The second-order valence-electron chi connectivity index (χ2n) is 8.43. The average molecular weight is 522 g/mol. The number of pyridine rings is 1. The Kier molecular flexibility index (Phi) is 6.78. The van der Waals surface area contributed by atoms with E-state index in [2.05, 4.69) is 37.2 Å². The number of nitrogens with zero attached hydrogens (tertiary/aromatic N) is 5. The Bertz CT molecular complexity index is 1480. The fourth-order valence-electron chi connectivity index (χ4n) is 4.12. The number of hydrogen-bond acceptors (Lipinski definition) is 7. The molecule has 0 bridgehead atoms. The molecule has 37 heavy (non-hydrogen) atoms. The van der Waals surface area contributed by atoms with Crippen molar-refractivity contribution in [1.82, 2.24) is 30.2 Å². The molecule has 188 valence electrons. The Morgan fingerprint density at radius 2 is 2.14 bits per heavy atom. The van der Waals surface area contributed by atoms with E-state index >= 15 is 0 Å². The Morgan fingerprint density at radius 1 is 1.27 bits per heavy atom. The molecule has 4 aromatic rings. The van der Waals surface area contributed by atoms with Crippen LogP contribution < -0.4 is 5.32 Å². The van der Waals surface area contributed by atoms with Gasteiger partial charge in [-0.25, -0.2) is 9.37 Å². The maximum Gasteiger partial charge on any atom is 0.274 e. The number of rotatable bonds is 6. The number of piperidine rings is 1. The topological polar surface area (TPSA) is 130 Å². The van der Waals surface area contributed by atoms with Gasteiger partial charge in [0.05, 0.1) is 28.5 Å². The van der Waals surface area contributed by atoms with Crippen LogP contribution in [0.5, 0.6) is 0 Å². The standard InChI is InChI=1S/C25H21ClFN7O3/c1-2-21(35)34-10-4-5-15(13-34)25-31-23(33-37-25)14-8-9-18(17(27)11-14)30-24(36)20-7-3-6-19(29-20)22-16(26)12-28-32-22/h2-3,6-9,11-12,15H,1,4-5,10,13H2,(H,28,32)(H,30,36). The second kappa shape index (κ2) is 10.3. The molecule has 12 heteroatoms. The Labute approximate surface area is 215 Å². The highest BCUT2D eigenvalue weighted by molar-refractivity contribution is 6.32.